The predicted molar refractivity (Wildman–Crippen MR) is 81.5 cm³/mol. The van der Waals surface area contributed by atoms with Gasteiger partial charge in [-0.1, -0.05) is 13.8 Å². The van der Waals surface area contributed by atoms with Gasteiger partial charge in [-0.15, -0.1) is 0 Å². The molecular formula is C14H27N3OS. The molecule has 2 aliphatic rings. The Kier molecular flexibility index (Phi) is 5.54. The Balaban J connectivity index is 1.76. The summed E-state index contributed by atoms with van der Waals surface area (Å²) in [4.78, 5) is 14.9. The van der Waals surface area contributed by atoms with Gasteiger partial charge in [-0.05, 0) is 18.9 Å². The summed E-state index contributed by atoms with van der Waals surface area (Å²) in [7, 11) is 0. The second-order valence-electron chi connectivity index (χ2n) is 5.95. The van der Waals surface area contributed by atoms with Gasteiger partial charge in [0.15, 0.2) is 0 Å². The van der Waals surface area contributed by atoms with Gasteiger partial charge in [0.2, 0.25) is 5.91 Å². The molecule has 0 saturated carbocycles. The summed E-state index contributed by atoms with van der Waals surface area (Å²) >= 11 is 2.02. The Hall–Kier alpha value is -0.260. The van der Waals surface area contributed by atoms with E-state index in [1.54, 1.807) is 0 Å². The first-order chi connectivity index (χ1) is 9.15. The lowest BCUT2D eigenvalue weighted by Gasteiger charge is -2.32. The summed E-state index contributed by atoms with van der Waals surface area (Å²) in [5.41, 5.74) is -0.183. The maximum atomic E-state index is 12.5. The lowest BCUT2D eigenvalue weighted by Crippen LogP contribution is -2.48. The fourth-order valence-corrected chi connectivity index (χ4v) is 3.97. The zero-order valence-corrected chi connectivity index (χ0v) is 13.0. The number of rotatable bonds is 5. The van der Waals surface area contributed by atoms with Gasteiger partial charge in [0.05, 0.1) is 5.41 Å². The first-order valence-electron chi connectivity index (χ1n) is 7.44. The summed E-state index contributed by atoms with van der Waals surface area (Å²) in [5, 5.41) is 6.51. The third-order valence-electron chi connectivity index (χ3n) is 4.56. The summed E-state index contributed by atoms with van der Waals surface area (Å²) in [6.07, 6.45) is 0.969. The van der Waals surface area contributed by atoms with E-state index in [1.165, 1.54) is 11.5 Å². The molecular weight excluding hydrogens is 258 g/mol. The minimum atomic E-state index is -0.183. The highest BCUT2D eigenvalue weighted by Crippen LogP contribution is 2.34. The molecule has 2 aliphatic heterocycles. The van der Waals surface area contributed by atoms with E-state index < -0.39 is 0 Å². The van der Waals surface area contributed by atoms with Gasteiger partial charge in [-0.25, -0.2) is 0 Å². The fourth-order valence-electron chi connectivity index (χ4n) is 2.99. The number of carbonyl (C=O) groups excluding carboxylic acids is 1. The highest BCUT2D eigenvalue weighted by atomic mass is 32.2. The number of nitrogens with one attached hydrogen (secondary N) is 2. The maximum absolute atomic E-state index is 12.5. The van der Waals surface area contributed by atoms with Crippen molar-refractivity contribution in [1.82, 2.24) is 15.5 Å². The van der Waals surface area contributed by atoms with Crippen LogP contribution in [0.2, 0.25) is 0 Å². The molecule has 2 saturated heterocycles. The fraction of sp³-hybridized carbons (Fsp3) is 0.929. The molecule has 4 nitrogen and oxygen atoms in total. The largest absolute Gasteiger partial charge is 0.354 e. The topological polar surface area (TPSA) is 44.4 Å². The number of carbonyl (C=O) groups is 1. The van der Waals surface area contributed by atoms with E-state index in [0.717, 1.165) is 45.7 Å². The van der Waals surface area contributed by atoms with Crippen LogP contribution < -0.4 is 10.6 Å². The lowest BCUT2D eigenvalue weighted by atomic mass is 9.75. The molecule has 1 atom stereocenters. The molecule has 2 rings (SSSR count). The normalized spacial score (nSPS) is 28.8. The Bertz CT molecular complexity index is 297. The standard InChI is InChI=1S/C14H27N3OS/c1-12(2)14(3-4-15-11-14)13(18)16-5-6-17-7-9-19-10-8-17/h12,15H,3-11H2,1-2H3,(H,16,18). The van der Waals surface area contributed by atoms with E-state index in [9.17, 15) is 4.79 Å². The monoisotopic (exact) mass is 285 g/mol. The molecule has 1 amide bonds. The number of nitrogens with zero attached hydrogens (tertiary/aromatic N) is 1. The van der Waals surface area contributed by atoms with E-state index in [1.807, 2.05) is 11.8 Å². The average molecular weight is 285 g/mol. The van der Waals surface area contributed by atoms with Crippen LogP contribution in [0.5, 0.6) is 0 Å². The van der Waals surface area contributed by atoms with E-state index >= 15 is 0 Å². The number of amides is 1. The van der Waals surface area contributed by atoms with Gasteiger partial charge in [-0.2, -0.15) is 11.8 Å². The molecule has 0 aromatic heterocycles. The molecule has 2 fully saturated rings. The van der Waals surface area contributed by atoms with Crippen LogP contribution >= 0.6 is 11.8 Å². The molecule has 0 aromatic carbocycles. The van der Waals surface area contributed by atoms with Crippen molar-refractivity contribution in [3.63, 3.8) is 0 Å². The molecule has 0 spiro atoms. The molecule has 0 bridgehead atoms. The smallest absolute Gasteiger partial charge is 0.227 e. The van der Waals surface area contributed by atoms with Gasteiger partial charge >= 0.3 is 0 Å². The van der Waals surface area contributed by atoms with Crippen LogP contribution in [0.15, 0.2) is 0 Å². The summed E-state index contributed by atoms with van der Waals surface area (Å²) in [5.74, 6) is 3.11. The second kappa shape index (κ2) is 6.95. The van der Waals surface area contributed by atoms with Crippen LogP contribution in [-0.2, 0) is 4.79 Å². The Morgan fingerprint density at radius 3 is 2.74 bits per heavy atom. The van der Waals surface area contributed by atoms with Crippen LogP contribution in [0.3, 0.4) is 0 Å². The highest BCUT2D eigenvalue weighted by Gasteiger charge is 2.43. The van der Waals surface area contributed by atoms with Gasteiger partial charge in [0.1, 0.15) is 0 Å². The average Bonchev–Trinajstić information content (AvgIpc) is 2.90. The van der Waals surface area contributed by atoms with Crippen molar-refractivity contribution in [2.45, 2.75) is 20.3 Å². The van der Waals surface area contributed by atoms with Crippen molar-refractivity contribution >= 4 is 17.7 Å². The molecule has 0 radical (unpaired) electrons. The third kappa shape index (κ3) is 3.64. The number of thioether (sulfide) groups is 1. The number of hydrogen-bond donors (Lipinski definition) is 2. The van der Waals surface area contributed by atoms with Crippen LogP contribution in [-0.4, -0.2) is 61.6 Å². The molecule has 2 heterocycles. The Labute approximate surface area is 121 Å². The molecule has 1 unspecified atom stereocenters. The minimum Gasteiger partial charge on any atom is -0.354 e. The summed E-state index contributed by atoms with van der Waals surface area (Å²) in [6, 6.07) is 0. The maximum Gasteiger partial charge on any atom is 0.227 e. The molecule has 2 N–H and O–H groups in total. The second-order valence-corrected chi connectivity index (χ2v) is 7.17. The Morgan fingerprint density at radius 1 is 1.42 bits per heavy atom. The minimum absolute atomic E-state index is 0.183. The van der Waals surface area contributed by atoms with E-state index in [0.29, 0.717) is 5.92 Å². The molecule has 0 aliphatic carbocycles. The highest BCUT2D eigenvalue weighted by molar-refractivity contribution is 7.99. The molecule has 5 heteroatoms. The summed E-state index contributed by atoms with van der Waals surface area (Å²) in [6.45, 7) is 10.2. The lowest BCUT2D eigenvalue weighted by molar-refractivity contribution is -0.132. The molecule has 19 heavy (non-hydrogen) atoms. The van der Waals surface area contributed by atoms with Gasteiger partial charge in [0, 0.05) is 44.2 Å². The van der Waals surface area contributed by atoms with Crippen molar-refractivity contribution in [2.24, 2.45) is 11.3 Å². The third-order valence-corrected chi connectivity index (χ3v) is 5.51. The zero-order valence-electron chi connectivity index (χ0n) is 12.2. The van der Waals surface area contributed by atoms with Gasteiger partial charge in [0.25, 0.3) is 0 Å². The first-order valence-corrected chi connectivity index (χ1v) is 8.60. The van der Waals surface area contributed by atoms with Crippen LogP contribution in [0.1, 0.15) is 20.3 Å². The molecule has 110 valence electrons. The van der Waals surface area contributed by atoms with Crippen molar-refractivity contribution in [3.05, 3.63) is 0 Å². The van der Waals surface area contributed by atoms with Crippen molar-refractivity contribution in [3.8, 4) is 0 Å². The van der Waals surface area contributed by atoms with E-state index in [2.05, 4.69) is 29.4 Å². The predicted octanol–water partition coefficient (Wildman–Crippen LogP) is 0.787. The van der Waals surface area contributed by atoms with Crippen molar-refractivity contribution in [1.29, 1.82) is 0 Å². The number of hydrogen-bond acceptors (Lipinski definition) is 4. The van der Waals surface area contributed by atoms with Crippen LogP contribution in [0.4, 0.5) is 0 Å². The van der Waals surface area contributed by atoms with Crippen molar-refractivity contribution < 1.29 is 4.79 Å². The van der Waals surface area contributed by atoms with E-state index in [-0.39, 0.29) is 11.3 Å². The summed E-state index contributed by atoms with van der Waals surface area (Å²) < 4.78 is 0. The molecule has 0 aromatic rings. The van der Waals surface area contributed by atoms with Crippen LogP contribution in [0, 0.1) is 11.3 Å². The zero-order chi connectivity index (χ0) is 13.7. The van der Waals surface area contributed by atoms with Crippen LogP contribution in [0.25, 0.3) is 0 Å². The van der Waals surface area contributed by atoms with E-state index in [4.69, 9.17) is 0 Å². The SMILES string of the molecule is CC(C)C1(C(=O)NCCN2CCSCC2)CCNC1. The quantitative estimate of drug-likeness (QED) is 0.784. The Morgan fingerprint density at radius 2 is 2.16 bits per heavy atom. The van der Waals surface area contributed by atoms with Gasteiger partial charge in [-0.3, -0.25) is 9.69 Å². The van der Waals surface area contributed by atoms with Crippen molar-refractivity contribution in [2.75, 3.05) is 50.8 Å². The van der Waals surface area contributed by atoms with Gasteiger partial charge < -0.3 is 10.6 Å². The first kappa shape index (κ1) is 15.1.